The molecule has 26 heavy (non-hydrogen) atoms. The Kier molecular flexibility index (Phi) is 4.39. The third kappa shape index (κ3) is 3.31. The van der Waals surface area contributed by atoms with Gasteiger partial charge in [-0.3, -0.25) is 4.90 Å². The number of hydrogen-bond donors (Lipinski definition) is 0. The molecule has 1 aliphatic heterocycles. The van der Waals surface area contributed by atoms with Gasteiger partial charge in [-0.2, -0.15) is 13.2 Å². The number of H-pyrrole nitrogens is 1. The lowest BCUT2D eigenvalue weighted by Crippen LogP contribution is -2.34. The SMILES string of the molecule is FC(F)(F)c1ccc(N2CCCN(c3ncnc4sccc34)CC2)[nH+]c1. The van der Waals surface area contributed by atoms with E-state index in [4.69, 9.17) is 0 Å². The van der Waals surface area contributed by atoms with Crippen LogP contribution in [0.2, 0.25) is 0 Å². The number of fused-ring (bicyclic) bond motifs is 1. The van der Waals surface area contributed by atoms with E-state index in [0.29, 0.717) is 12.4 Å². The molecule has 1 saturated heterocycles. The number of nitrogens with one attached hydrogen (secondary N) is 1. The van der Waals surface area contributed by atoms with Gasteiger partial charge in [0.1, 0.15) is 29.7 Å². The molecule has 3 aromatic heterocycles. The molecule has 0 bridgehead atoms. The van der Waals surface area contributed by atoms with Crippen molar-refractivity contribution in [1.29, 1.82) is 0 Å². The summed E-state index contributed by atoms with van der Waals surface area (Å²) in [7, 11) is 0. The van der Waals surface area contributed by atoms with Crippen molar-refractivity contribution in [2.24, 2.45) is 0 Å². The summed E-state index contributed by atoms with van der Waals surface area (Å²) >= 11 is 1.59. The molecule has 4 rings (SSSR count). The van der Waals surface area contributed by atoms with Gasteiger partial charge in [-0.05, 0) is 17.5 Å². The monoisotopic (exact) mass is 380 g/mol. The van der Waals surface area contributed by atoms with E-state index in [1.54, 1.807) is 17.7 Å². The van der Waals surface area contributed by atoms with E-state index in [-0.39, 0.29) is 0 Å². The van der Waals surface area contributed by atoms with Crippen LogP contribution < -0.4 is 14.8 Å². The quantitative estimate of drug-likeness (QED) is 0.685. The van der Waals surface area contributed by atoms with Gasteiger partial charge in [-0.1, -0.05) is 0 Å². The topological polar surface area (TPSA) is 46.4 Å². The third-order valence-corrected chi connectivity index (χ3v) is 5.32. The maximum atomic E-state index is 12.7. The average molecular weight is 380 g/mol. The van der Waals surface area contributed by atoms with E-state index in [2.05, 4.69) is 24.8 Å². The minimum absolute atomic E-state index is 0.668. The minimum Gasteiger partial charge on any atom is -0.352 e. The molecule has 0 amide bonds. The van der Waals surface area contributed by atoms with Crippen LogP contribution in [0.5, 0.6) is 0 Å². The average Bonchev–Trinajstić information content (AvgIpc) is 2.98. The van der Waals surface area contributed by atoms with Crippen LogP contribution in [-0.2, 0) is 6.18 Å². The molecule has 0 atom stereocenters. The molecule has 0 unspecified atom stereocenters. The summed E-state index contributed by atoms with van der Waals surface area (Å²) in [5.74, 6) is 1.62. The number of pyridine rings is 1. The van der Waals surface area contributed by atoms with Crippen LogP contribution >= 0.6 is 11.3 Å². The maximum absolute atomic E-state index is 12.7. The van der Waals surface area contributed by atoms with Crippen molar-refractivity contribution in [3.63, 3.8) is 0 Å². The zero-order valence-corrected chi connectivity index (χ0v) is 14.6. The lowest BCUT2D eigenvalue weighted by Gasteiger charge is -2.21. The van der Waals surface area contributed by atoms with Gasteiger partial charge in [0.05, 0.1) is 24.0 Å². The minimum atomic E-state index is -4.33. The molecular weight excluding hydrogens is 363 g/mol. The van der Waals surface area contributed by atoms with Crippen molar-refractivity contribution >= 4 is 33.2 Å². The Labute approximate surface area is 152 Å². The molecule has 1 fully saturated rings. The molecule has 5 nitrogen and oxygen atoms in total. The maximum Gasteiger partial charge on any atom is 0.419 e. The van der Waals surface area contributed by atoms with Crippen molar-refractivity contribution in [2.75, 3.05) is 36.0 Å². The van der Waals surface area contributed by atoms with Crippen LogP contribution in [0, 0.1) is 0 Å². The van der Waals surface area contributed by atoms with E-state index in [9.17, 15) is 13.2 Å². The van der Waals surface area contributed by atoms with Crippen LogP contribution in [0.3, 0.4) is 0 Å². The van der Waals surface area contributed by atoms with Gasteiger partial charge < -0.3 is 4.90 Å². The second-order valence-electron chi connectivity index (χ2n) is 6.12. The fourth-order valence-corrected chi connectivity index (χ4v) is 3.92. The lowest BCUT2D eigenvalue weighted by atomic mass is 10.2. The second-order valence-corrected chi connectivity index (χ2v) is 7.02. The van der Waals surface area contributed by atoms with Crippen molar-refractivity contribution in [2.45, 2.75) is 12.6 Å². The van der Waals surface area contributed by atoms with E-state index in [1.165, 1.54) is 6.07 Å². The summed E-state index contributed by atoms with van der Waals surface area (Å²) in [5.41, 5.74) is -0.668. The van der Waals surface area contributed by atoms with E-state index in [1.807, 2.05) is 11.4 Å². The molecule has 4 heterocycles. The highest BCUT2D eigenvalue weighted by molar-refractivity contribution is 7.16. The summed E-state index contributed by atoms with van der Waals surface area (Å²) in [6.07, 6.45) is -0.828. The van der Waals surface area contributed by atoms with Gasteiger partial charge in [0.2, 0.25) is 0 Å². The number of aromatic nitrogens is 3. The summed E-state index contributed by atoms with van der Waals surface area (Å²) in [4.78, 5) is 16.8. The highest BCUT2D eigenvalue weighted by Crippen LogP contribution is 2.29. The number of rotatable bonds is 2. The Morgan fingerprint density at radius 2 is 1.81 bits per heavy atom. The highest BCUT2D eigenvalue weighted by Gasteiger charge is 2.32. The molecule has 3 aromatic rings. The number of hydrogen-bond acceptors (Lipinski definition) is 5. The molecule has 9 heteroatoms. The molecule has 0 aliphatic carbocycles. The first-order chi connectivity index (χ1) is 12.5. The molecule has 0 saturated carbocycles. The first-order valence-electron chi connectivity index (χ1n) is 8.29. The van der Waals surface area contributed by atoms with Gasteiger partial charge in [0, 0.05) is 19.0 Å². The Morgan fingerprint density at radius 3 is 2.58 bits per heavy atom. The smallest absolute Gasteiger partial charge is 0.352 e. The molecule has 0 spiro atoms. The van der Waals surface area contributed by atoms with E-state index >= 15 is 0 Å². The van der Waals surface area contributed by atoms with Gasteiger partial charge in [0.15, 0.2) is 0 Å². The number of anilines is 2. The molecule has 0 aromatic carbocycles. The molecule has 1 N–H and O–H groups in total. The van der Waals surface area contributed by atoms with Crippen molar-refractivity contribution in [1.82, 2.24) is 9.97 Å². The fourth-order valence-electron chi connectivity index (χ4n) is 3.19. The number of nitrogens with zero attached hydrogens (tertiary/aromatic N) is 4. The molecule has 0 radical (unpaired) electrons. The number of halogens is 3. The summed E-state index contributed by atoms with van der Waals surface area (Å²) in [6, 6.07) is 4.65. The summed E-state index contributed by atoms with van der Waals surface area (Å²) in [5, 5.41) is 3.05. The summed E-state index contributed by atoms with van der Waals surface area (Å²) < 4.78 is 38.1. The van der Waals surface area contributed by atoms with Crippen molar-refractivity contribution in [3.05, 3.63) is 41.7 Å². The highest BCUT2D eigenvalue weighted by atomic mass is 32.1. The predicted molar refractivity (Wildman–Crippen MR) is 94.5 cm³/mol. The van der Waals surface area contributed by atoms with Gasteiger partial charge in [0.25, 0.3) is 5.82 Å². The van der Waals surface area contributed by atoms with Crippen LogP contribution in [0.4, 0.5) is 24.8 Å². The number of aromatic amines is 1. The first kappa shape index (κ1) is 17.0. The van der Waals surface area contributed by atoms with Crippen molar-refractivity contribution < 1.29 is 18.2 Å². The van der Waals surface area contributed by atoms with E-state index in [0.717, 1.165) is 54.4 Å². The predicted octanol–water partition coefficient (Wildman–Crippen LogP) is 3.24. The number of alkyl halides is 3. The largest absolute Gasteiger partial charge is 0.419 e. The van der Waals surface area contributed by atoms with Crippen LogP contribution in [0.15, 0.2) is 36.1 Å². The van der Waals surface area contributed by atoms with E-state index < -0.39 is 11.7 Å². The zero-order chi connectivity index (χ0) is 18.1. The normalized spacial score (nSPS) is 16.1. The molecule has 136 valence electrons. The summed E-state index contributed by atoms with van der Waals surface area (Å²) in [6.45, 7) is 3.07. The Balaban J connectivity index is 1.51. The number of thiophene rings is 1. The Hall–Kier alpha value is -2.42. The first-order valence-corrected chi connectivity index (χ1v) is 9.17. The lowest BCUT2D eigenvalue weighted by molar-refractivity contribution is -0.367. The third-order valence-electron chi connectivity index (χ3n) is 4.50. The second kappa shape index (κ2) is 6.71. The van der Waals surface area contributed by atoms with Gasteiger partial charge >= 0.3 is 6.18 Å². The standard InChI is InChI=1S/C17H16F3N5S/c18-17(19,20)12-2-3-14(21-10-12)24-5-1-6-25(8-7-24)15-13-4-9-26-16(13)23-11-22-15/h2-4,9-11H,1,5-8H2/p+1. The fraction of sp³-hybridized carbons (Fsp3) is 0.353. The molecular formula is C17H17F3N5S+. The van der Waals surface area contributed by atoms with Crippen molar-refractivity contribution in [3.8, 4) is 0 Å². The Morgan fingerprint density at radius 1 is 1.00 bits per heavy atom. The van der Waals surface area contributed by atoms with Crippen LogP contribution in [0.1, 0.15) is 12.0 Å². The van der Waals surface area contributed by atoms with Crippen LogP contribution in [-0.4, -0.2) is 36.1 Å². The van der Waals surface area contributed by atoms with Crippen LogP contribution in [0.25, 0.3) is 10.2 Å². The molecule has 1 aliphatic rings. The van der Waals surface area contributed by atoms with Gasteiger partial charge in [-0.15, -0.1) is 11.3 Å². The Bertz CT molecular complexity index is 893. The van der Waals surface area contributed by atoms with Gasteiger partial charge in [-0.25, -0.2) is 15.0 Å². The zero-order valence-electron chi connectivity index (χ0n) is 13.8.